The van der Waals surface area contributed by atoms with Gasteiger partial charge in [-0.15, -0.1) is 0 Å². The fourth-order valence-corrected chi connectivity index (χ4v) is 2.38. The summed E-state index contributed by atoms with van der Waals surface area (Å²) in [5, 5.41) is 3.29. The first-order valence-electron chi connectivity index (χ1n) is 6.03. The standard InChI is InChI=1S/C12H23NO3/c1-4-16-11(14)9-12(13-2)7-5-10(15-3)6-8-12/h10,13H,4-9H2,1-3H3. The topological polar surface area (TPSA) is 47.6 Å². The predicted molar refractivity (Wildman–Crippen MR) is 62.3 cm³/mol. The van der Waals surface area contributed by atoms with Crippen LogP contribution in [0, 0.1) is 0 Å². The molecule has 4 nitrogen and oxygen atoms in total. The summed E-state index contributed by atoms with van der Waals surface area (Å²) < 4.78 is 10.4. The number of rotatable bonds is 5. The van der Waals surface area contributed by atoms with Gasteiger partial charge >= 0.3 is 5.97 Å². The van der Waals surface area contributed by atoms with Crippen LogP contribution >= 0.6 is 0 Å². The van der Waals surface area contributed by atoms with Gasteiger partial charge in [-0.05, 0) is 39.7 Å². The number of hydrogen-bond acceptors (Lipinski definition) is 4. The van der Waals surface area contributed by atoms with Gasteiger partial charge in [-0.3, -0.25) is 4.79 Å². The highest BCUT2D eigenvalue weighted by Crippen LogP contribution is 2.32. The summed E-state index contributed by atoms with van der Waals surface area (Å²) in [5.74, 6) is -0.104. The molecule has 0 heterocycles. The molecule has 0 spiro atoms. The minimum absolute atomic E-state index is 0.0821. The van der Waals surface area contributed by atoms with Crippen molar-refractivity contribution in [2.45, 2.75) is 50.7 Å². The molecule has 0 radical (unpaired) electrons. The van der Waals surface area contributed by atoms with E-state index >= 15 is 0 Å². The smallest absolute Gasteiger partial charge is 0.307 e. The highest BCUT2D eigenvalue weighted by atomic mass is 16.5. The van der Waals surface area contributed by atoms with Crippen LogP contribution in [0.4, 0.5) is 0 Å². The van der Waals surface area contributed by atoms with Crippen LogP contribution in [0.1, 0.15) is 39.0 Å². The van der Waals surface area contributed by atoms with E-state index in [0.717, 1.165) is 25.7 Å². The van der Waals surface area contributed by atoms with Crippen LogP contribution in [0.3, 0.4) is 0 Å². The van der Waals surface area contributed by atoms with Crippen molar-refractivity contribution in [3.63, 3.8) is 0 Å². The molecule has 16 heavy (non-hydrogen) atoms. The Bertz CT molecular complexity index is 222. The highest BCUT2D eigenvalue weighted by molar-refractivity contribution is 5.70. The Hall–Kier alpha value is -0.610. The van der Waals surface area contributed by atoms with Crippen LogP contribution in [0.25, 0.3) is 0 Å². The second-order valence-corrected chi connectivity index (χ2v) is 4.45. The average Bonchev–Trinajstić information content (AvgIpc) is 2.30. The van der Waals surface area contributed by atoms with Crippen LogP contribution in [0.5, 0.6) is 0 Å². The average molecular weight is 229 g/mol. The van der Waals surface area contributed by atoms with Crippen molar-refractivity contribution in [2.75, 3.05) is 20.8 Å². The van der Waals surface area contributed by atoms with Crippen LogP contribution in [0.15, 0.2) is 0 Å². The van der Waals surface area contributed by atoms with E-state index in [2.05, 4.69) is 5.32 Å². The van der Waals surface area contributed by atoms with E-state index in [1.165, 1.54) is 0 Å². The van der Waals surface area contributed by atoms with Crippen molar-refractivity contribution in [2.24, 2.45) is 0 Å². The summed E-state index contributed by atoms with van der Waals surface area (Å²) in [5.41, 5.74) is -0.0821. The van der Waals surface area contributed by atoms with Crippen molar-refractivity contribution in [3.05, 3.63) is 0 Å². The fraction of sp³-hybridized carbons (Fsp3) is 0.917. The number of carbonyl (C=O) groups excluding carboxylic acids is 1. The molecule has 0 bridgehead atoms. The van der Waals surface area contributed by atoms with Crippen molar-refractivity contribution >= 4 is 5.97 Å². The number of ether oxygens (including phenoxy) is 2. The molecule has 1 aliphatic rings. The highest BCUT2D eigenvalue weighted by Gasteiger charge is 2.36. The number of carbonyl (C=O) groups is 1. The maximum atomic E-state index is 11.5. The molecule has 4 heteroatoms. The molecule has 0 aromatic carbocycles. The van der Waals surface area contributed by atoms with E-state index in [-0.39, 0.29) is 11.5 Å². The summed E-state index contributed by atoms with van der Waals surface area (Å²) in [4.78, 5) is 11.5. The molecule has 0 atom stereocenters. The quantitative estimate of drug-likeness (QED) is 0.726. The summed E-state index contributed by atoms with van der Waals surface area (Å²) in [6.45, 7) is 2.30. The molecule has 0 unspecified atom stereocenters. The van der Waals surface area contributed by atoms with E-state index in [9.17, 15) is 4.79 Å². The SMILES string of the molecule is CCOC(=O)CC1(NC)CCC(OC)CC1. The van der Waals surface area contributed by atoms with Crippen LogP contribution in [-0.2, 0) is 14.3 Å². The predicted octanol–water partition coefficient (Wildman–Crippen LogP) is 1.49. The molecule has 0 aromatic heterocycles. The zero-order valence-electron chi connectivity index (χ0n) is 10.5. The first-order valence-corrected chi connectivity index (χ1v) is 6.03. The maximum absolute atomic E-state index is 11.5. The molecule has 0 saturated heterocycles. The Kier molecular flexibility index (Phi) is 5.22. The van der Waals surface area contributed by atoms with Gasteiger partial charge in [0.2, 0.25) is 0 Å². The molecule has 1 saturated carbocycles. The van der Waals surface area contributed by atoms with Crippen molar-refractivity contribution in [1.29, 1.82) is 0 Å². The minimum atomic E-state index is -0.104. The number of methoxy groups -OCH3 is 1. The Morgan fingerprint density at radius 1 is 1.44 bits per heavy atom. The zero-order chi connectivity index (χ0) is 12.0. The van der Waals surface area contributed by atoms with Gasteiger partial charge < -0.3 is 14.8 Å². The van der Waals surface area contributed by atoms with Gasteiger partial charge in [0.15, 0.2) is 0 Å². The number of hydrogen-bond donors (Lipinski definition) is 1. The summed E-state index contributed by atoms with van der Waals surface area (Å²) in [7, 11) is 3.68. The minimum Gasteiger partial charge on any atom is -0.466 e. The Balaban J connectivity index is 2.49. The van der Waals surface area contributed by atoms with Crippen LogP contribution in [0.2, 0.25) is 0 Å². The monoisotopic (exact) mass is 229 g/mol. The van der Waals surface area contributed by atoms with E-state index in [4.69, 9.17) is 9.47 Å². The van der Waals surface area contributed by atoms with Gasteiger partial charge in [-0.1, -0.05) is 0 Å². The molecule has 0 aromatic rings. The Morgan fingerprint density at radius 2 is 2.06 bits per heavy atom. The molecule has 0 aliphatic heterocycles. The lowest BCUT2D eigenvalue weighted by atomic mass is 9.78. The third-order valence-electron chi connectivity index (χ3n) is 3.54. The van der Waals surface area contributed by atoms with Gasteiger partial charge in [-0.25, -0.2) is 0 Å². The lowest BCUT2D eigenvalue weighted by Gasteiger charge is -2.39. The number of nitrogens with one attached hydrogen (secondary N) is 1. The van der Waals surface area contributed by atoms with Crippen molar-refractivity contribution in [3.8, 4) is 0 Å². The molecule has 1 aliphatic carbocycles. The Labute approximate surface area is 97.7 Å². The summed E-state index contributed by atoms with van der Waals surface area (Å²) in [6, 6.07) is 0. The van der Waals surface area contributed by atoms with Crippen LogP contribution in [-0.4, -0.2) is 38.4 Å². The van der Waals surface area contributed by atoms with Gasteiger partial charge in [0.1, 0.15) is 0 Å². The van der Waals surface area contributed by atoms with Crippen molar-refractivity contribution in [1.82, 2.24) is 5.32 Å². The molecular formula is C12H23NO3. The second kappa shape index (κ2) is 6.21. The molecule has 1 N–H and O–H groups in total. The Morgan fingerprint density at radius 3 is 2.50 bits per heavy atom. The first-order chi connectivity index (χ1) is 7.65. The zero-order valence-corrected chi connectivity index (χ0v) is 10.5. The largest absolute Gasteiger partial charge is 0.466 e. The summed E-state index contributed by atoms with van der Waals surface area (Å²) >= 11 is 0. The fourth-order valence-electron chi connectivity index (χ4n) is 2.38. The van der Waals surface area contributed by atoms with E-state index in [0.29, 0.717) is 19.1 Å². The van der Waals surface area contributed by atoms with Gasteiger partial charge in [0.25, 0.3) is 0 Å². The van der Waals surface area contributed by atoms with Gasteiger partial charge in [-0.2, -0.15) is 0 Å². The first kappa shape index (κ1) is 13.5. The van der Waals surface area contributed by atoms with Gasteiger partial charge in [0, 0.05) is 12.6 Å². The second-order valence-electron chi connectivity index (χ2n) is 4.45. The number of esters is 1. The summed E-state index contributed by atoms with van der Waals surface area (Å²) in [6.07, 6.45) is 4.78. The lowest BCUT2D eigenvalue weighted by molar-refractivity contribution is -0.145. The molecular weight excluding hydrogens is 206 g/mol. The maximum Gasteiger partial charge on any atom is 0.307 e. The van der Waals surface area contributed by atoms with E-state index < -0.39 is 0 Å². The molecule has 1 fully saturated rings. The third-order valence-corrected chi connectivity index (χ3v) is 3.54. The van der Waals surface area contributed by atoms with Crippen molar-refractivity contribution < 1.29 is 14.3 Å². The van der Waals surface area contributed by atoms with E-state index in [1.54, 1.807) is 7.11 Å². The van der Waals surface area contributed by atoms with E-state index in [1.807, 2.05) is 14.0 Å². The molecule has 0 amide bonds. The molecule has 1 rings (SSSR count). The lowest BCUT2D eigenvalue weighted by Crippen LogP contribution is -2.48. The normalized spacial score (nSPS) is 30.1. The third kappa shape index (κ3) is 3.46. The van der Waals surface area contributed by atoms with Crippen LogP contribution < -0.4 is 5.32 Å². The van der Waals surface area contributed by atoms with Gasteiger partial charge in [0.05, 0.1) is 19.1 Å². The molecule has 94 valence electrons.